The van der Waals surface area contributed by atoms with E-state index in [9.17, 15) is 0 Å². The van der Waals surface area contributed by atoms with Crippen LogP contribution in [0.15, 0.2) is 0 Å². The number of aliphatic hydroxyl groups is 1. The third-order valence-electron chi connectivity index (χ3n) is 2.32. The van der Waals surface area contributed by atoms with Gasteiger partial charge in [0.2, 0.25) is 0 Å². The Balaban J connectivity index is 3.58. The molecule has 2 nitrogen and oxygen atoms in total. The molecular weight excluding hydrogens is 138 g/mol. The maximum absolute atomic E-state index is 8.78. The summed E-state index contributed by atoms with van der Waals surface area (Å²) in [7, 11) is 0. The maximum Gasteiger partial charge on any atom is 0.0582 e. The van der Waals surface area contributed by atoms with Gasteiger partial charge in [-0.25, -0.2) is 0 Å². The first-order chi connectivity index (χ1) is 5.11. The molecule has 0 radical (unpaired) electrons. The Bertz CT molecular complexity index is 95.6. The third-order valence-corrected chi connectivity index (χ3v) is 2.32. The average Bonchev–Trinajstić information content (AvgIpc) is 2.02. The Kier molecular flexibility index (Phi) is 5.51. The molecule has 0 aromatic carbocycles. The Hall–Kier alpha value is -0.0800. The van der Waals surface area contributed by atoms with E-state index in [0.717, 1.165) is 0 Å². The quantitative estimate of drug-likeness (QED) is 0.635. The smallest absolute Gasteiger partial charge is 0.0582 e. The minimum absolute atomic E-state index is 0.221. The minimum atomic E-state index is 0.221. The maximum atomic E-state index is 8.78. The summed E-state index contributed by atoms with van der Waals surface area (Å²) >= 11 is 0. The second-order valence-electron chi connectivity index (χ2n) is 3.42. The van der Waals surface area contributed by atoms with Gasteiger partial charge in [0.15, 0.2) is 0 Å². The Morgan fingerprint density at radius 2 is 1.82 bits per heavy atom. The molecule has 0 aromatic heterocycles. The van der Waals surface area contributed by atoms with Crippen LogP contribution in [0.3, 0.4) is 0 Å². The molecule has 0 aliphatic rings. The lowest BCUT2D eigenvalue weighted by molar-refractivity contribution is 0.229. The van der Waals surface area contributed by atoms with Crippen LogP contribution < -0.4 is 5.32 Å². The van der Waals surface area contributed by atoms with E-state index >= 15 is 0 Å². The van der Waals surface area contributed by atoms with Crippen molar-refractivity contribution in [2.24, 2.45) is 5.92 Å². The van der Waals surface area contributed by atoms with Crippen LogP contribution in [0, 0.1) is 5.92 Å². The molecular formula is C9H21NO. The summed E-state index contributed by atoms with van der Waals surface area (Å²) in [6.45, 7) is 8.80. The summed E-state index contributed by atoms with van der Waals surface area (Å²) < 4.78 is 0. The predicted molar refractivity (Wildman–Crippen MR) is 48.6 cm³/mol. The fourth-order valence-corrected chi connectivity index (χ4v) is 1.02. The second-order valence-corrected chi connectivity index (χ2v) is 3.42. The molecule has 0 heterocycles. The first-order valence-corrected chi connectivity index (χ1v) is 4.48. The van der Waals surface area contributed by atoms with Crippen molar-refractivity contribution < 1.29 is 5.11 Å². The van der Waals surface area contributed by atoms with Gasteiger partial charge in [-0.3, -0.25) is 0 Å². The number of hydrogen-bond donors (Lipinski definition) is 2. The van der Waals surface area contributed by atoms with Gasteiger partial charge in [-0.15, -0.1) is 0 Å². The molecule has 3 atom stereocenters. The first kappa shape index (κ1) is 10.9. The molecule has 0 aromatic rings. The molecule has 0 aliphatic carbocycles. The Morgan fingerprint density at radius 3 is 2.18 bits per heavy atom. The SMILES string of the molecule is CC[C@@H](C)[C@H](C)N[C@@H](C)CO. The second kappa shape index (κ2) is 5.56. The lowest BCUT2D eigenvalue weighted by atomic mass is 10.0. The normalized spacial score (nSPS) is 19.4. The lowest BCUT2D eigenvalue weighted by Gasteiger charge is -2.23. The van der Waals surface area contributed by atoms with Crippen LogP contribution >= 0.6 is 0 Å². The molecule has 0 saturated heterocycles. The zero-order valence-electron chi connectivity index (χ0n) is 8.09. The van der Waals surface area contributed by atoms with Crippen molar-refractivity contribution in [3.63, 3.8) is 0 Å². The van der Waals surface area contributed by atoms with E-state index in [4.69, 9.17) is 5.11 Å². The van der Waals surface area contributed by atoms with Gasteiger partial charge in [0.05, 0.1) is 6.61 Å². The van der Waals surface area contributed by atoms with Gasteiger partial charge in [-0.05, 0) is 19.8 Å². The summed E-state index contributed by atoms with van der Waals surface area (Å²) in [5.74, 6) is 0.684. The van der Waals surface area contributed by atoms with Gasteiger partial charge in [0.25, 0.3) is 0 Å². The van der Waals surface area contributed by atoms with Crippen molar-refractivity contribution in [1.82, 2.24) is 5.32 Å². The van der Waals surface area contributed by atoms with Gasteiger partial charge in [-0.1, -0.05) is 20.3 Å². The average molecular weight is 159 g/mol. The van der Waals surface area contributed by atoms with Crippen molar-refractivity contribution >= 4 is 0 Å². The Morgan fingerprint density at radius 1 is 1.27 bits per heavy atom. The highest BCUT2D eigenvalue weighted by molar-refractivity contribution is 4.70. The number of aliphatic hydroxyl groups excluding tert-OH is 1. The highest BCUT2D eigenvalue weighted by Crippen LogP contribution is 2.06. The minimum Gasteiger partial charge on any atom is -0.395 e. The van der Waals surface area contributed by atoms with Gasteiger partial charge >= 0.3 is 0 Å². The highest BCUT2D eigenvalue weighted by atomic mass is 16.3. The van der Waals surface area contributed by atoms with Gasteiger partial charge in [-0.2, -0.15) is 0 Å². The van der Waals surface area contributed by atoms with Crippen LogP contribution in [0.2, 0.25) is 0 Å². The molecule has 0 unspecified atom stereocenters. The highest BCUT2D eigenvalue weighted by Gasteiger charge is 2.11. The zero-order chi connectivity index (χ0) is 8.85. The molecule has 11 heavy (non-hydrogen) atoms. The molecule has 0 spiro atoms. The number of hydrogen-bond acceptors (Lipinski definition) is 2. The van der Waals surface area contributed by atoms with Gasteiger partial charge < -0.3 is 10.4 Å². The third kappa shape index (κ3) is 4.38. The first-order valence-electron chi connectivity index (χ1n) is 4.48. The topological polar surface area (TPSA) is 32.3 Å². The van der Waals surface area contributed by atoms with Crippen LogP contribution in [0.5, 0.6) is 0 Å². The van der Waals surface area contributed by atoms with Gasteiger partial charge in [0, 0.05) is 12.1 Å². The zero-order valence-corrected chi connectivity index (χ0v) is 8.09. The van der Waals surface area contributed by atoms with Crippen LogP contribution in [-0.4, -0.2) is 23.8 Å². The summed E-state index contributed by atoms with van der Waals surface area (Å²) in [5, 5.41) is 12.1. The number of rotatable bonds is 5. The van der Waals surface area contributed by atoms with E-state index in [1.807, 2.05) is 6.92 Å². The van der Waals surface area contributed by atoms with Crippen molar-refractivity contribution in [3.8, 4) is 0 Å². The van der Waals surface area contributed by atoms with Crippen molar-refractivity contribution in [1.29, 1.82) is 0 Å². The largest absolute Gasteiger partial charge is 0.395 e. The molecule has 0 rings (SSSR count). The summed E-state index contributed by atoms with van der Waals surface area (Å²) in [4.78, 5) is 0. The van der Waals surface area contributed by atoms with Crippen molar-refractivity contribution in [2.75, 3.05) is 6.61 Å². The van der Waals surface area contributed by atoms with E-state index < -0.39 is 0 Å². The van der Waals surface area contributed by atoms with E-state index in [1.165, 1.54) is 6.42 Å². The summed E-state index contributed by atoms with van der Waals surface area (Å²) in [6.07, 6.45) is 1.19. The lowest BCUT2D eigenvalue weighted by Crippen LogP contribution is -2.40. The standard InChI is InChI=1S/C9H21NO/c1-5-7(2)9(4)10-8(3)6-11/h7-11H,5-6H2,1-4H3/t7-,8+,9+/m1/s1. The van der Waals surface area contributed by atoms with Gasteiger partial charge in [0.1, 0.15) is 0 Å². The fourth-order valence-electron chi connectivity index (χ4n) is 1.02. The van der Waals surface area contributed by atoms with E-state index in [1.54, 1.807) is 0 Å². The molecule has 68 valence electrons. The van der Waals surface area contributed by atoms with E-state index in [0.29, 0.717) is 12.0 Å². The molecule has 0 fully saturated rings. The van der Waals surface area contributed by atoms with Crippen molar-refractivity contribution in [2.45, 2.75) is 46.2 Å². The summed E-state index contributed by atoms with van der Waals surface area (Å²) in [6, 6.07) is 0.723. The molecule has 0 bridgehead atoms. The molecule has 0 amide bonds. The Labute approximate surface area is 70.0 Å². The molecule has 2 heteroatoms. The molecule has 0 saturated carbocycles. The van der Waals surface area contributed by atoms with E-state index in [-0.39, 0.29) is 12.6 Å². The van der Waals surface area contributed by atoms with E-state index in [2.05, 4.69) is 26.1 Å². The molecule has 0 aliphatic heterocycles. The molecule has 2 N–H and O–H groups in total. The van der Waals surface area contributed by atoms with Crippen LogP contribution in [-0.2, 0) is 0 Å². The monoisotopic (exact) mass is 159 g/mol. The van der Waals surface area contributed by atoms with Crippen LogP contribution in [0.25, 0.3) is 0 Å². The predicted octanol–water partition coefficient (Wildman–Crippen LogP) is 1.39. The van der Waals surface area contributed by atoms with Crippen LogP contribution in [0.4, 0.5) is 0 Å². The van der Waals surface area contributed by atoms with Crippen LogP contribution in [0.1, 0.15) is 34.1 Å². The number of nitrogens with one attached hydrogen (secondary N) is 1. The summed E-state index contributed by atoms with van der Waals surface area (Å²) in [5.41, 5.74) is 0. The fraction of sp³-hybridized carbons (Fsp3) is 1.00. The van der Waals surface area contributed by atoms with Crippen molar-refractivity contribution in [3.05, 3.63) is 0 Å².